The molecule has 0 saturated heterocycles. The first-order valence-corrected chi connectivity index (χ1v) is 10.9. The zero-order valence-electron chi connectivity index (χ0n) is 16.7. The lowest BCUT2D eigenvalue weighted by atomic mass is 9.93. The lowest BCUT2D eigenvalue weighted by molar-refractivity contribution is 0.102. The van der Waals surface area contributed by atoms with E-state index in [1.807, 2.05) is 47.1 Å². The van der Waals surface area contributed by atoms with Gasteiger partial charge < -0.3 is 9.14 Å². The van der Waals surface area contributed by atoms with Crippen molar-refractivity contribution in [2.24, 2.45) is 5.92 Å². The molecule has 3 heterocycles. The molecule has 1 aliphatic carbocycles. The summed E-state index contributed by atoms with van der Waals surface area (Å²) in [5, 5.41) is 3.62. The summed E-state index contributed by atoms with van der Waals surface area (Å²) in [5.74, 6) is 0.997. The maximum absolute atomic E-state index is 12.9. The number of amides is 1. The van der Waals surface area contributed by atoms with Gasteiger partial charge in [0.15, 0.2) is 5.13 Å². The zero-order chi connectivity index (χ0) is 20.5. The Bertz CT molecular complexity index is 1180. The summed E-state index contributed by atoms with van der Waals surface area (Å²) in [5.41, 5.74) is 3.29. The molecule has 1 aliphatic rings. The number of anilines is 1. The van der Waals surface area contributed by atoms with Crippen molar-refractivity contribution >= 4 is 28.0 Å². The maximum atomic E-state index is 12.9. The number of hydrogen-bond donors (Lipinski definition) is 1. The van der Waals surface area contributed by atoms with E-state index >= 15 is 0 Å². The number of rotatable bonds is 5. The number of ether oxygens (including phenoxy) is 1. The van der Waals surface area contributed by atoms with Gasteiger partial charge in [0.25, 0.3) is 5.91 Å². The summed E-state index contributed by atoms with van der Waals surface area (Å²) < 4.78 is 7.90. The molecule has 4 aromatic rings. The fourth-order valence-electron chi connectivity index (χ4n) is 3.75. The average Bonchev–Trinajstić information content (AvgIpc) is 3.35. The Hall–Kier alpha value is -3.19. The number of pyridine rings is 1. The van der Waals surface area contributed by atoms with Gasteiger partial charge in [0.2, 0.25) is 0 Å². The van der Waals surface area contributed by atoms with Crippen molar-refractivity contribution < 1.29 is 9.53 Å². The second-order valence-corrected chi connectivity index (χ2v) is 8.76. The molecule has 0 bridgehead atoms. The van der Waals surface area contributed by atoms with Gasteiger partial charge in [-0.15, -0.1) is 11.3 Å². The molecule has 1 atom stereocenters. The minimum Gasteiger partial charge on any atom is -0.486 e. The third-order valence-corrected chi connectivity index (χ3v) is 6.36. The molecule has 5 rings (SSSR count). The van der Waals surface area contributed by atoms with Gasteiger partial charge in [0.1, 0.15) is 18.0 Å². The molecule has 1 aromatic carbocycles. The Morgan fingerprint density at radius 1 is 1.23 bits per heavy atom. The fourth-order valence-corrected chi connectivity index (χ4v) is 4.91. The molecule has 30 heavy (non-hydrogen) atoms. The monoisotopic (exact) mass is 418 g/mol. The van der Waals surface area contributed by atoms with Gasteiger partial charge in [-0.1, -0.05) is 25.1 Å². The van der Waals surface area contributed by atoms with Crippen LogP contribution in [0.25, 0.3) is 5.65 Å². The van der Waals surface area contributed by atoms with E-state index in [1.165, 1.54) is 4.88 Å². The van der Waals surface area contributed by atoms with Crippen molar-refractivity contribution in [3.05, 3.63) is 76.7 Å². The van der Waals surface area contributed by atoms with E-state index in [9.17, 15) is 4.79 Å². The number of carbonyl (C=O) groups is 1. The fraction of sp³-hybridized carbons (Fsp3) is 0.261. The highest BCUT2D eigenvalue weighted by Crippen LogP contribution is 2.32. The molecule has 6 nitrogen and oxygen atoms in total. The summed E-state index contributed by atoms with van der Waals surface area (Å²) in [6, 6.07) is 13.1. The zero-order valence-corrected chi connectivity index (χ0v) is 17.5. The predicted octanol–water partition coefficient (Wildman–Crippen LogP) is 4.75. The summed E-state index contributed by atoms with van der Waals surface area (Å²) >= 11 is 1.58. The normalized spacial score (nSPS) is 15.7. The van der Waals surface area contributed by atoms with Crippen LogP contribution in [-0.4, -0.2) is 20.3 Å². The van der Waals surface area contributed by atoms with Gasteiger partial charge in [-0.2, -0.15) is 0 Å². The number of imidazole rings is 1. The van der Waals surface area contributed by atoms with E-state index in [4.69, 9.17) is 4.74 Å². The van der Waals surface area contributed by atoms with Gasteiger partial charge >= 0.3 is 0 Å². The molecule has 3 aromatic heterocycles. The molecular formula is C23H22N4O2S. The van der Waals surface area contributed by atoms with Crippen molar-refractivity contribution in [1.29, 1.82) is 0 Å². The van der Waals surface area contributed by atoms with Crippen molar-refractivity contribution in [2.75, 3.05) is 5.32 Å². The van der Waals surface area contributed by atoms with E-state index in [0.717, 1.165) is 36.3 Å². The summed E-state index contributed by atoms with van der Waals surface area (Å²) in [6.07, 6.45) is 7.06. The van der Waals surface area contributed by atoms with Crippen LogP contribution < -0.4 is 10.1 Å². The van der Waals surface area contributed by atoms with Gasteiger partial charge in [-0.3, -0.25) is 10.1 Å². The number of thiazole rings is 1. The van der Waals surface area contributed by atoms with Crippen molar-refractivity contribution in [2.45, 2.75) is 32.8 Å². The van der Waals surface area contributed by atoms with Crippen LogP contribution in [0.5, 0.6) is 5.75 Å². The number of nitrogens with one attached hydrogen (secondary N) is 1. The predicted molar refractivity (Wildman–Crippen MR) is 117 cm³/mol. The highest BCUT2D eigenvalue weighted by atomic mass is 32.1. The first-order chi connectivity index (χ1) is 14.7. The molecule has 7 heteroatoms. The molecular weight excluding hydrogens is 396 g/mol. The summed E-state index contributed by atoms with van der Waals surface area (Å²) in [4.78, 5) is 23.4. The van der Waals surface area contributed by atoms with Crippen molar-refractivity contribution in [3.63, 3.8) is 0 Å². The van der Waals surface area contributed by atoms with Crippen LogP contribution in [-0.2, 0) is 19.4 Å². The Morgan fingerprint density at radius 2 is 2.10 bits per heavy atom. The molecule has 0 radical (unpaired) electrons. The van der Waals surface area contributed by atoms with E-state index in [0.29, 0.717) is 22.4 Å². The molecule has 1 amide bonds. The lowest BCUT2D eigenvalue weighted by Crippen LogP contribution is -2.13. The van der Waals surface area contributed by atoms with Crippen molar-refractivity contribution in [1.82, 2.24) is 14.4 Å². The minimum absolute atomic E-state index is 0.209. The molecule has 0 aliphatic heterocycles. The van der Waals surface area contributed by atoms with E-state index in [1.54, 1.807) is 23.5 Å². The van der Waals surface area contributed by atoms with Crippen LogP contribution in [0.1, 0.15) is 40.0 Å². The number of carbonyl (C=O) groups excluding carboxylic acids is 1. The standard InChI is InChI=1S/C23H22N4O2S/c1-15-9-10-18-20(12-15)30-23(25-18)26-22(28)17-6-2-3-7-19(17)29-14-16-13-27-11-5-4-8-21(27)24-16/h2-8,11,13,15H,9-10,12,14H2,1H3,(H,25,26,28)/t15-/m1/s1. The van der Waals surface area contributed by atoms with Gasteiger partial charge in [-0.25, -0.2) is 9.97 Å². The number of nitrogens with zero attached hydrogens (tertiary/aromatic N) is 3. The van der Waals surface area contributed by atoms with Gasteiger partial charge in [-0.05, 0) is 49.4 Å². The Labute approximate surface area is 178 Å². The number of benzene rings is 1. The largest absolute Gasteiger partial charge is 0.486 e. The third kappa shape index (κ3) is 3.80. The average molecular weight is 419 g/mol. The van der Waals surface area contributed by atoms with Crippen LogP contribution in [0.15, 0.2) is 54.9 Å². The summed E-state index contributed by atoms with van der Waals surface area (Å²) in [7, 11) is 0. The van der Waals surface area contributed by atoms with Crippen LogP contribution in [0.3, 0.4) is 0 Å². The first-order valence-electron chi connectivity index (χ1n) is 10.1. The number of fused-ring (bicyclic) bond motifs is 2. The van der Waals surface area contributed by atoms with Crippen LogP contribution in [0.4, 0.5) is 5.13 Å². The first kappa shape index (κ1) is 18.8. The number of aryl methyl sites for hydroxylation is 1. The molecule has 0 saturated carbocycles. The maximum Gasteiger partial charge on any atom is 0.261 e. The number of aromatic nitrogens is 3. The van der Waals surface area contributed by atoms with E-state index in [2.05, 4.69) is 22.2 Å². The Kier molecular flexibility index (Phi) is 4.96. The van der Waals surface area contributed by atoms with Crippen molar-refractivity contribution in [3.8, 4) is 5.75 Å². The highest BCUT2D eigenvalue weighted by molar-refractivity contribution is 7.15. The van der Waals surface area contributed by atoms with E-state index < -0.39 is 0 Å². The Morgan fingerprint density at radius 3 is 3.00 bits per heavy atom. The lowest BCUT2D eigenvalue weighted by Gasteiger charge is -2.15. The molecule has 0 spiro atoms. The van der Waals surface area contributed by atoms with Crippen LogP contribution >= 0.6 is 11.3 Å². The number of para-hydroxylation sites is 1. The Balaban J connectivity index is 1.31. The van der Waals surface area contributed by atoms with E-state index in [-0.39, 0.29) is 12.5 Å². The summed E-state index contributed by atoms with van der Waals surface area (Å²) in [6.45, 7) is 2.55. The van der Waals surface area contributed by atoms with Crippen LogP contribution in [0, 0.1) is 5.92 Å². The van der Waals surface area contributed by atoms with Gasteiger partial charge in [0.05, 0.1) is 17.0 Å². The molecule has 0 fully saturated rings. The topological polar surface area (TPSA) is 68.5 Å². The minimum atomic E-state index is -0.209. The second-order valence-electron chi connectivity index (χ2n) is 7.67. The molecule has 152 valence electrons. The smallest absolute Gasteiger partial charge is 0.261 e. The molecule has 1 N–H and O–H groups in total. The highest BCUT2D eigenvalue weighted by Gasteiger charge is 2.21. The SMILES string of the molecule is C[C@@H]1CCc2nc(NC(=O)c3ccccc3OCc3cn4ccccc4n3)sc2C1. The van der Waals surface area contributed by atoms with Gasteiger partial charge in [0, 0.05) is 17.3 Å². The quantitative estimate of drug-likeness (QED) is 0.508. The second kappa shape index (κ2) is 7.91. The van der Waals surface area contributed by atoms with Crippen LogP contribution in [0.2, 0.25) is 0 Å². The molecule has 0 unspecified atom stereocenters. The number of hydrogen-bond acceptors (Lipinski definition) is 5. The third-order valence-electron chi connectivity index (χ3n) is 5.33.